The molecule has 0 saturated carbocycles. The van der Waals surface area contributed by atoms with Crippen LogP contribution in [0.3, 0.4) is 0 Å². The van der Waals surface area contributed by atoms with Crippen molar-refractivity contribution in [3.05, 3.63) is 0 Å². The minimum atomic E-state index is -0.584. The highest BCUT2D eigenvalue weighted by Gasteiger charge is 1.91. The summed E-state index contributed by atoms with van der Waals surface area (Å²) in [6, 6.07) is 0. The van der Waals surface area contributed by atoms with Crippen molar-refractivity contribution in [1.82, 2.24) is 5.59 Å². The molecule has 0 aromatic carbocycles. The van der Waals surface area contributed by atoms with E-state index < -0.39 is 5.97 Å². The van der Waals surface area contributed by atoms with Crippen LogP contribution in [0, 0.1) is 0 Å². The Morgan fingerprint density at radius 2 is 2.67 bits per heavy atom. The second kappa shape index (κ2) is 5.04. The van der Waals surface area contributed by atoms with Gasteiger partial charge in [0, 0.05) is 0 Å². The van der Waals surface area contributed by atoms with Crippen LogP contribution in [0.15, 0.2) is 5.10 Å². The lowest BCUT2D eigenvalue weighted by Gasteiger charge is -1.91. The number of carbonyl (C=O) groups excluding carboxylic acids is 1. The van der Waals surface area contributed by atoms with E-state index in [1.807, 2.05) is 0 Å². The molecule has 0 atom stereocenters. The van der Waals surface area contributed by atoms with Crippen molar-refractivity contribution in [1.29, 1.82) is 0 Å². The summed E-state index contributed by atoms with van der Waals surface area (Å²) >= 11 is 0. The van der Waals surface area contributed by atoms with Gasteiger partial charge in [-0.15, -0.1) is 0 Å². The van der Waals surface area contributed by atoms with Crippen LogP contribution in [0.2, 0.25) is 0 Å². The van der Waals surface area contributed by atoms with Crippen molar-refractivity contribution in [2.75, 3.05) is 6.61 Å². The van der Waals surface area contributed by atoms with Crippen molar-refractivity contribution in [3.63, 3.8) is 0 Å². The van der Waals surface area contributed by atoms with Gasteiger partial charge in [0.15, 0.2) is 0 Å². The smallest absolute Gasteiger partial charge is 0.351 e. The van der Waals surface area contributed by atoms with Crippen molar-refractivity contribution in [3.8, 4) is 0 Å². The first kappa shape index (κ1) is 7.90. The van der Waals surface area contributed by atoms with Crippen molar-refractivity contribution >= 4 is 12.2 Å². The summed E-state index contributed by atoms with van der Waals surface area (Å²) in [4.78, 5) is 10.3. The normalized spacial score (nSPS) is 9.56. The lowest BCUT2D eigenvalue weighted by molar-refractivity contribution is -0.134. The van der Waals surface area contributed by atoms with E-state index >= 15 is 0 Å². The van der Waals surface area contributed by atoms with E-state index in [2.05, 4.69) is 9.84 Å². The highest BCUT2D eigenvalue weighted by atomic mass is 16.5. The number of nitrogens with one attached hydrogen (secondary N) is 1. The molecular weight excluding hydrogens is 124 g/mol. The Labute approximate surface area is 52.3 Å². The van der Waals surface area contributed by atoms with E-state index in [1.54, 1.807) is 6.92 Å². The molecule has 0 aromatic heterocycles. The molecule has 0 rings (SSSR count). The SMILES string of the molecule is CCOC(=O)C=NNO. The third-order valence-electron chi connectivity index (χ3n) is 0.514. The monoisotopic (exact) mass is 132 g/mol. The molecule has 5 heteroatoms. The van der Waals surface area contributed by atoms with Crippen molar-refractivity contribution in [2.24, 2.45) is 5.10 Å². The summed E-state index contributed by atoms with van der Waals surface area (Å²) in [6.07, 6.45) is 0.837. The summed E-state index contributed by atoms with van der Waals surface area (Å²) in [7, 11) is 0. The van der Waals surface area contributed by atoms with E-state index in [4.69, 9.17) is 5.21 Å². The molecule has 0 amide bonds. The lowest BCUT2D eigenvalue weighted by atomic mass is 10.7. The molecule has 0 heterocycles. The summed E-state index contributed by atoms with van der Waals surface area (Å²) in [5.74, 6) is -0.584. The second-order valence-electron chi connectivity index (χ2n) is 1.11. The van der Waals surface area contributed by atoms with Crippen LogP contribution in [-0.2, 0) is 9.53 Å². The van der Waals surface area contributed by atoms with Crippen LogP contribution in [0.25, 0.3) is 0 Å². The van der Waals surface area contributed by atoms with Crippen LogP contribution >= 0.6 is 0 Å². The van der Waals surface area contributed by atoms with Gasteiger partial charge in [0.2, 0.25) is 0 Å². The molecule has 0 saturated heterocycles. The predicted molar refractivity (Wildman–Crippen MR) is 30.0 cm³/mol. The quantitative estimate of drug-likeness (QED) is 0.309. The van der Waals surface area contributed by atoms with E-state index in [9.17, 15) is 4.79 Å². The Balaban J connectivity index is 3.37. The minimum Gasteiger partial charge on any atom is -0.462 e. The lowest BCUT2D eigenvalue weighted by Crippen LogP contribution is -2.07. The molecule has 0 aliphatic heterocycles. The fourth-order valence-electron chi connectivity index (χ4n) is 0.261. The number of hydrazone groups is 1. The zero-order valence-electron chi connectivity index (χ0n) is 5.00. The number of esters is 1. The van der Waals surface area contributed by atoms with Gasteiger partial charge in [-0.3, -0.25) is 5.21 Å². The van der Waals surface area contributed by atoms with Crippen LogP contribution in [0.1, 0.15) is 6.92 Å². The third-order valence-corrected chi connectivity index (χ3v) is 0.514. The zero-order valence-corrected chi connectivity index (χ0v) is 5.00. The number of carbonyl (C=O) groups is 1. The first-order chi connectivity index (χ1) is 4.31. The standard InChI is InChI=1S/C4H8N2O3/c1-2-9-4(7)3-5-6-8/h3,6,8H,2H2,1H3. The van der Waals surface area contributed by atoms with Gasteiger partial charge in [-0.05, 0) is 6.92 Å². The topological polar surface area (TPSA) is 70.9 Å². The molecule has 0 bridgehead atoms. The first-order valence-electron chi connectivity index (χ1n) is 2.40. The Bertz CT molecular complexity index is 112. The number of hydrogen-bond acceptors (Lipinski definition) is 5. The van der Waals surface area contributed by atoms with Crippen LogP contribution in [-0.4, -0.2) is 24.0 Å². The molecule has 0 aliphatic carbocycles. The van der Waals surface area contributed by atoms with Crippen molar-refractivity contribution in [2.45, 2.75) is 6.92 Å². The van der Waals surface area contributed by atoms with Gasteiger partial charge in [-0.25, -0.2) is 4.79 Å². The zero-order chi connectivity index (χ0) is 7.11. The maximum Gasteiger partial charge on any atom is 0.351 e. The van der Waals surface area contributed by atoms with Gasteiger partial charge in [-0.1, -0.05) is 0 Å². The molecule has 5 nitrogen and oxygen atoms in total. The first-order valence-corrected chi connectivity index (χ1v) is 2.40. The van der Waals surface area contributed by atoms with Crippen LogP contribution in [0.4, 0.5) is 0 Å². The van der Waals surface area contributed by atoms with Gasteiger partial charge in [0.25, 0.3) is 0 Å². The molecule has 2 N–H and O–H groups in total. The maximum absolute atomic E-state index is 10.3. The molecule has 0 fully saturated rings. The van der Waals surface area contributed by atoms with Gasteiger partial charge in [0.05, 0.1) is 6.61 Å². The van der Waals surface area contributed by atoms with Gasteiger partial charge < -0.3 is 4.74 Å². The Morgan fingerprint density at radius 3 is 3.11 bits per heavy atom. The summed E-state index contributed by atoms with van der Waals surface area (Å²) in [5, 5.41) is 10.8. The van der Waals surface area contributed by atoms with E-state index in [0.717, 1.165) is 6.21 Å². The predicted octanol–water partition coefficient (Wildman–Crippen LogP) is -0.486. The fraction of sp³-hybridized carbons (Fsp3) is 0.500. The van der Waals surface area contributed by atoms with E-state index in [1.165, 1.54) is 5.59 Å². The summed E-state index contributed by atoms with van der Waals surface area (Å²) in [5.41, 5.74) is 1.43. The number of rotatable bonds is 3. The molecule has 0 spiro atoms. The average molecular weight is 132 g/mol. The van der Waals surface area contributed by atoms with Gasteiger partial charge >= 0.3 is 5.97 Å². The fourth-order valence-corrected chi connectivity index (χ4v) is 0.261. The minimum absolute atomic E-state index is 0.302. The second-order valence-corrected chi connectivity index (χ2v) is 1.11. The van der Waals surface area contributed by atoms with E-state index in [0.29, 0.717) is 6.61 Å². The van der Waals surface area contributed by atoms with E-state index in [-0.39, 0.29) is 0 Å². The molecule has 0 aromatic rings. The highest BCUT2D eigenvalue weighted by molar-refractivity contribution is 6.23. The summed E-state index contributed by atoms with van der Waals surface area (Å²) < 4.78 is 4.40. The third kappa shape index (κ3) is 4.76. The number of hydrogen-bond donors (Lipinski definition) is 2. The molecule has 0 aliphatic rings. The van der Waals surface area contributed by atoms with Crippen LogP contribution < -0.4 is 5.59 Å². The highest BCUT2D eigenvalue weighted by Crippen LogP contribution is 1.70. The van der Waals surface area contributed by atoms with Gasteiger partial charge in [0.1, 0.15) is 6.21 Å². The molecular formula is C4H8N2O3. The maximum atomic E-state index is 10.3. The van der Waals surface area contributed by atoms with Crippen LogP contribution in [0.5, 0.6) is 0 Å². The number of ether oxygens (including phenoxy) is 1. The summed E-state index contributed by atoms with van der Waals surface area (Å²) in [6.45, 7) is 1.98. The molecule has 0 radical (unpaired) electrons. The Kier molecular flexibility index (Phi) is 4.43. The Hall–Kier alpha value is -1.10. The van der Waals surface area contributed by atoms with Crippen molar-refractivity contribution < 1.29 is 14.7 Å². The van der Waals surface area contributed by atoms with Gasteiger partial charge in [-0.2, -0.15) is 10.7 Å². The molecule has 0 unspecified atom stereocenters. The number of nitrogens with zero attached hydrogens (tertiary/aromatic N) is 1. The Morgan fingerprint density at radius 1 is 2.00 bits per heavy atom. The largest absolute Gasteiger partial charge is 0.462 e. The molecule has 9 heavy (non-hydrogen) atoms. The molecule has 52 valence electrons. The average Bonchev–Trinajstić information content (AvgIpc) is 1.85.